The number of alkyl carbamates (subject to hydrolysis) is 1. The van der Waals surface area contributed by atoms with Crippen molar-refractivity contribution in [2.45, 2.75) is 78.5 Å². The number of hydrogen-bond acceptors (Lipinski definition) is 3. The van der Waals surface area contributed by atoms with E-state index in [1.807, 2.05) is 27.7 Å². The fourth-order valence-electron chi connectivity index (χ4n) is 2.51. The number of hydrogen-bond donors (Lipinski definition) is 2. The van der Waals surface area contributed by atoms with Crippen molar-refractivity contribution in [3.05, 3.63) is 0 Å². The molecule has 1 saturated carbocycles. The van der Waals surface area contributed by atoms with Gasteiger partial charge in [-0.15, -0.1) is 0 Å². The van der Waals surface area contributed by atoms with Crippen LogP contribution in [0, 0.1) is 5.41 Å². The van der Waals surface area contributed by atoms with Gasteiger partial charge in [-0.1, -0.05) is 13.8 Å². The van der Waals surface area contributed by atoms with Crippen LogP contribution in [-0.4, -0.2) is 30.3 Å². The Morgan fingerprint density at radius 1 is 1.42 bits per heavy atom. The molecule has 2 N–H and O–H groups in total. The fraction of sp³-hybridized carbons (Fsp3) is 0.933. The summed E-state index contributed by atoms with van der Waals surface area (Å²) in [6.07, 6.45) is 3.38. The van der Waals surface area contributed by atoms with E-state index < -0.39 is 5.60 Å². The third-order valence-electron chi connectivity index (χ3n) is 3.44. The van der Waals surface area contributed by atoms with Gasteiger partial charge in [0.25, 0.3) is 0 Å². The van der Waals surface area contributed by atoms with Gasteiger partial charge < -0.3 is 15.4 Å². The molecule has 0 aromatic rings. The lowest BCUT2D eigenvalue weighted by molar-refractivity contribution is 0.0507. The molecule has 2 unspecified atom stereocenters. The zero-order valence-corrected chi connectivity index (χ0v) is 13.3. The molecule has 1 rings (SSSR count). The van der Waals surface area contributed by atoms with Crippen LogP contribution in [0.1, 0.15) is 60.8 Å². The molecule has 0 saturated heterocycles. The highest BCUT2D eigenvalue weighted by atomic mass is 16.6. The maximum Gasteiger partial charge on any atom is 0.407 e. The van der Waals surface area contributed by atoms with Crippen molar-refractivity contribution in [3.63, 3.8) is 0 Å². The molecule has 1 amide bonds. The summed E-state index contributed by atoms with van der Waals surface area (Å²) in [5, 5.41) is 6.39. The molecular weight excluding hydrogens is 240 g/mol. The first-order valence-electron chi connectivity index (χ1n) is 7.30. The predicted molar refractivity (Wildman–Crippen MR) is 78.3 cm³/mol. The summed E-state index contributed by atoms with van der Waals surface area (Å²) in [5.41, 5.74) is 0.0200. The monoisotopic (exact) mass is 270 g/mol. The van der Waals surface area contributed by atoms with Crippen molar-refractivity contribution in [2.75, 3.05) is 6.54 Å². The van der Waals surface area contributed by atoms with Gasteiger partial charge in [0.1, 0.15) is 5.60 Å². The Morgan fingerprint density at radius 3 is 2.53 bits per heavy atom. The van der Waals surface area contributed by atoms with Gasteiger partial charge in [-0.05, 0) is 52.4 Å². The first-order valence-corrected chi connectivity index (χ1v) is 7.30. The van der Waals surface area contributed by atoms with Crippen molar-refractivity contribution >= 4 is 6.09 Å². The number of nitrogens with one attached hydrogen (secondary N) is 2. The molecule has 0 spiro atoms. The van der Waals surface area contributed by atoms with Crippen LogP contribution in [0.4, 0.5) is 4.79 Å². The van der Waals surface area contributed by atoms with E-state index in [4.69, 9.17) is 4.74 Å². The summed E-state index contributed by atoms with van der Waals surface area (Å²) >= 11 is 0. The van der Waals surface area contributed by atoms with Gasteiger partial charge in [-0.2, -0.15) is 0 Å². The van der Waals surface area contributed by atoms with Gasteiger partial charge in [0.15, 0.2) is 0 Å². The van der Waals surface area contributed by atoms with Crippen LogP contribution >= 0.6 is 0 Å². The molecule has 0 radical (unpaired) electrons. The van der Waals surface area contributed by atoms with Gasteiger partial charge in [-0.3, -0.25) is 0 Å². The minimum atomic E-state index is -0.438. The molecule has 0 aromatic heterocycles. The van der Waals surface area contributed by atoms with Crippen LogP contribution in [0.15, 0.2) is 0 Å². The number of amides is 1. The molecule has 1 aliphatic rings. The molecular formula is C15H30N2O2. The first-order chi connectivity index (χ1) is 8.57. The van der Waals surface area contributed by atoms with Gasteiger partial charge in [-0.25, -0.2) is 4.79 Å². The quantitative estimate of drug-likeness (QED) is 0.825. The summed E-state index contributed by atoms with van der Waals surface area (Å²) in [6, 6.07) is 0.663. The number of carbonyl (C=O) groups excluding carboxylic acids is 1. The topological polar surface area (TPSA) is 50.4 Å². The van der Waals surface area contributed by atoms with E-state index in [2.05, 4.69) is 24.5 Å². The Balaban J connectivity index is 2.21. The molecule has 2 atom stereocenters. The van der Waals surface area contributed by atoms with E-state index in [1.165, 1.54) is 19.3 Å². The van der Waals surface area contributed by atoms with Gasteiger partial charge in [0.05, 0.1) is 0 Å². The molecule has 4 heteroatoms. The number of ether oxygens (including phenoxy) is 1. The second-order valence-electron chi connectivity index (χ2n) is 7.56. The molecule has 112 valence electrons. The maximum atomic E-state index is 11.6. The van der Waals surface area contributed by atoms with E-state index in [1.54, 1.807) is 0 Å². The van der Waals surface area contributed by atoms with Crippen molar-refractivity contribution in [1.29, 1.82) is 0 Å². The maximum absolute atomic E-state index is 11.6. The van der Waals surface area contributed by atoms with Crippen LogP contribution in [0.5, 0.6) is 0 Å². The van der Waals surface area contributed by atoms with E-state index in [0.29, 0.717) is 11.5 Å². The van der Waals surface area contributed by atoms with Crippen LogP contribution in [0.3, 0.4) is 0 Å². The van der Waals surface area contributed by atoms with Gasteiger partial charge in [0, 0.05) is 18.6 Å². The standard InChI is InChI=1S/C15H30N2O2/c1-11(17-13(18)19-14(2,3)4)10-16-12-7-8-15(5,6)9-12/h11-12,16H,7-10H2,1-6H3,(H,17,18). The third kappa shape index (κ3) is 6.81. The zero-order chi connectivity index (χ0) is 14.7. The summed E-state index contributed by atoms with van der Waals surface area (Å²) in [7, 11) is 0. The van der Waals surface area contributed by atoms with Crippen LogP contribution in [0.25, 0.3) is 0 Å². The molecule has 0 aromatic carbocycles. The average molecular weight is 270 g/mol. The van der Waals surface area contributed by atoms with E-state index >= 15 is 0 Å². The summed E-state index contributed by atoms with van der Waals surface area (Å²) in [5.74, 6) is 0. The minimum Gasteiger partial charge on any atom is -0.444 e. The summed E-state index contributed by atoms with van der Waals surface area (Å²) in [4.78, 5) is 11.6. The first kappa shape index (κ1) is 16.3. The second kappa shape index (κ2) is 6.12. The Morgan fingerprint density at radius 2 is 2.05 bits per heavy atom. The molecule has 0 aliphatic heterocycles. The molecule has 1 aliphatic carbocycles. The second-order valence-corrected chi connectivity index (χ2v) is 7.56. The Kier molecular flexibility index (Phi) is 5.25. The van der Waals surface area contributed by atoms with E-state index in [9.17, 15) is 4.79 Å². The van der Waals surface area contributed by atoms with Crippen molar-refractivity contribution in [3.8, 4) is 0 Å². The highest BCUT2D eigenvalue weighted by Gasteiger charge is 2.30. The average Bonchev–Trinajstić information content (AvgIpc) is 2.52. The molecule has 0 bridgehead atoms. The van der Waals surface area contributed by atoms with Crippen LogP contribution < -0.4 is 10.6 Å². The fourth-order valence-corrected chi connectivity index (χ4v) is 2.51. The normalized spacial score (nSPS) is 24.0. The van der Waals surface area contributed by atoms with Gasteiger partial charge >= 0.3 is 6.09 Å². The molecule has 19 heavy (non-hydrogen) atoms. The van der Waals surface area contributed by atoms with Crippen molar-refractivity contribution in [1.82, 2.24) is 10.6 Å². The SMILES string of the molecule is CC(CNC1CCC(C)(C)C1)NC(=O)OC(C)(C)C. The predicted octanol–water partition coefficient (Wildman–Crippen LogP) is 3.07. The summed E-state index contributed by atoms with van der Waals surface area (Å²) in [6.45, 7) is 13.0. The lowest BCUT2D eigenvalue weighted by Crippen LogP contribution is -2.44. The number of rotatable bonds is 4. The van der Waals surface area contributed by atoms with Crippen LogP contribution in [-0.2, 0) is 4.74 Å². The highest BCUT2D eigenvalue weighted by molar-refractivity contribution is 5.68. The third-order valence-corrected chi connectivity index (χ3v) is 3.44. The molecule has 0 heterocycles. The largest absolute Gasteiger partial charge is 0.444 e. The lowest BCUT2D eigenvalue weighted by atomic mass is 9.92. The Bertz CT molecular complexity index is 308. The minimum absolute atomic E-state index is 0.0820. The van der Waals surface area contributed by atoms with Crippen molar-refractivity contribution in [2.24, 2.45) is 5.41 Å². The number of carbonyl (C=O) groups is 1. The van der Waals surface area contributed by atoms with E-state index in [-0.39, 0.29) is 12.1 Å². The highest BCUT2D eigenvalue weighted by Crippen LogP contribution is 2.36. The van der Waals surface area contributed by atoms with Gasteiger partial charge in [0.2, 0.25) is 0 Å². The van der Waals surface area contributed by atoms with E-state index in [0.717, 1.165) is 6.54 Å². The molecule has 1 fully saturated rings. The Hall–Kier alpha value is -0.770. The zero-order valence-electron chi connectivity index (χ0n) is 13.3. The summed E-state index contributed by atoms with van der Waals surface area (Å²) < 4.78 is 5.24. The smallest absolute Gasteiger partial charge is 0.407 e. The Labute approximate surface area is 117 Å². The van der Waals surface area contributed by atoms with Crippen molar-refractivity contribution < 1.29 is 9.53 Å². The lowest BCUT2D eigenvalue weighted by Gasteiger charge is -2.23. The van der Waals surface area contributed by atoms with Crippen LogP contribution in [0.2, 0.25) is 0 Å². The molecule has 4 nitrogen and oxygen atoms in total.